The summed E-state index contributed by atoms with van der Waals surface area (Å²) in [5, 5.41) is 6.58. The summed E-state index contributed by atoms with van der Waals surface area (Å²) in [5.74, 6) is 0.504. The molecule has 0 fully saturated rings. The van der Waals surface area contributed by atoms with Gasteiger partial charge >= 0.3 is 0 Å². The quantitative estimate of drug-likeness (QED) is 0.311. The van der Waals surface area contributed by atoms with E-state index < -0.39 is 0 Å². The van der Waals surface area contributed by atoms with Crippen molar-refractivity contribution in [3.8, 4) is 0 Å². The van der Waals surface area contributed by atoms with Gasteiger partial charge in [-0.15, -0.1) is 11.6 Å². The molecule has 0 aromatic heterocycles. The number of hydrogen-bond acceptors (Lipinski definition) is 2. The average Bonchev–Trinajstić information content (AvgIpc) is 2.53. The van der Waals surface area contributed by atoms with E-state index >= 15 is 0 Å². The summed E-state index contributed by atoms with van der Waals surface area (Å²) in [6.07, 6.45) is 6.26. The molecule has 0 spiro atoms. The van der Waals surface area contributed by atoms with Crippen LogP contribution in [0.5, 0.6) is 0 Å². The van der Waals surface area contributed by atoms with E-state index in [1.165, 1.54) is 5.57 Å². The first kappa shape index (κ1) is 17.7. The van der Waals surface area contributed by atoms with Crippen molar-refractivity contribution in [1.82, 2.24) is 10.6 Å². The van der Waals surface area contributed by atoms with Gasteiger partial charge < -0.3 is 10.6 Å². The van der Waals surface area contributed by atoms with Crippen LogP contribution in [0.15, 0.2) is 54.6 Å². The van der Waals surface area contributed by atoms with Crippen molar-refractivity contribution in [2.75, 3.05) is 19.8 Å². The lowest BCUT2D eigenvalue weighted by Crippen LogP contribution is -2.29. The topological polar surface area (TPSA) is 24.1 Å². The number of halogens is 1. The SMILES string of the molecule is C=C(C=CC(=CC)CNCNCC)c1ccccc1CCl. The van der Waals surface area contributed by atoms with Crippen molar-refractivity contribution in [3.05, 3.63) is 65.8 Å². The molecule has 0 aliphatic carbocycles. The predicted octanol–water partition coefficient (Wildman–Crippen LogP) is 4.10. The fourth-order valence-electron chi connectivity index (χ4n) is 1.92. The maximum Gasteiger partial charge on any atom is 0.0480 e. The van der Waals surface area contributed by atoms with Crippen LogP contribution in [0, 0.1) is 0 Å². The van der Waals surface area contributed by atoms with Gasteiger partial charge in [-0.2, -0.15) is 0 Å². The lowest BCUT2D eigenvalue weighted by molar-refractivity contribution is 0.625. The zero-order chi connectivity index (χ0) is 15.5. The highest BCUT2D eigenvalue weighted by Crippen LogP contribution is 2.20. The molecule has 21 heavy (non-hydrogen) atoms. The Balaban J connectivity index is 2.63. The van der Waals surface area contributed by atoms with Crippen LogP contribution in [0.25, 0.3) is 5.57 Å². The molecule has 2 N–H and O–H groups in total. The lowest BCUT2D eigenvalue weighted by atomic mass is 10.0. The van der Waals surface area contributed by atoms with Gasteiger partial charge in [0.15, 0.2) is 0 Å². The molecule has 0 saturated heterocycles. The van der Waals surface area contributed by atoms with Crippen LogP contribution in [-0.2, 0) is 5.88 Å². The number of hydrogen-bond donors (Lipinski definition) is 2. The zero-order valence-electron chi connectivity index (χ0n) is 13.0. The third-order valence-corrected chi connectivity index (χ3v) is 3.49. The Kier molecular flexibility index (Phi) is 8.76. The van der Waals surface area contributed by atoms with Gasteiger partial charge in [-0.1, -0.05) is 56.0 Å². The zero-order valence-corrected chi connectivity index (χ0v) is 13.7. The Hall–Kier alpha value is -1.35. The van der Waals surface area contributed by atoms with Crippen LogP contribution in [-0.4, -0.2) is 19.8 Å². The molecule has 0 amide bonds. The van der Waals surface area contributed by atoms with Crippen LogP contribution < -0.4 is 10.6 Å². The molecule has 3 heteroatoms. The van der Waals surface area contributed by atoms with E-state index in [1.54, 1.807) is 0 Å². The average molecular weight is 305 g/mol. The molecule has 1 aromatic rings. The van der Waals surface area contributed by atoms with Crippen molar-refractivity contribution >= 4 is 17.2 Å². The fourth-order valence-corrected chi connectivity index (χ4v) is 2.16. The molecule has 0 radical (unpaired) electrons. The normalized spacial score (nSPS) is 12.0. The second-order valence-electron chi connectivity index (χ2n) is 4.72. The fraction of sp³-hybridized carbons (Fsp3) is 0.333. The Morgan fingerprint density at radius 2 is 2.00 bits per heavy atom. The van der Waals surface area contributed by atoms with E-state index in [2.05, 4.69) is 48.4 Å². The summed E-state index contributed by atoms with van der Waals surface area (Å²) in [4.78, 5) is 0. The lowest BCUT2D eigenvalue weighted by Gasteiger charge is -2.08. The van der Waals surface area contributed by atoms with Crippen LogP contribution in [0.3, 0.4) is 0 Å². The standard InChI is InChI=1S/C18H25ClN2/c1-4-16(13-21-14-20-5-2)11-10-15(3)18-9-7-6-8-17(18)12-19/h4,6-11,20-21H,3,5,12-14H2,1-2H3. The number of benzene rings is 1. The van der Waals surface area contributed by atoms with E-state index in [1.807, 2.05) is 25.1 Å². The minimum atomic E-state index is 0.504. The Morgan fingerprint density at radius 3 is 2.67 bits per heavy atom. The summed E-state index contributed by atoms with van der Waals surface area (Å²) in [7, 11) is 0. The highest BCUT2D eigenvalue weighted by Gasteiger charge is 2.02. The highest BCUT2D eigenvalue weighted by molar-refractivity contribution is 6.17. The molecule has 114 valence electrons. The van der Waals surface area contributed by atoms with Gasteiger partial charge in [-0.05, 0) is 35.7 Å². The van der Waals surface area contributed by atoms with Gasteiger partial charge in [0.05, 0.1) is 0 Å². The number of nitrogens with one attached hydrogen (secondary N) is 2. The summed E-state index contributed by atoms with van der Waals surface area (Å²) in [5.41, 5.74) is 4.44. The third-order valence-electron chi connectivity index (χ3n) is 3.21. The van der Waals surface area contributed by atoms with Crippen molar-refractivity contribution in [2.24, 2.45) is 0 Å². The smallest absolute Gasteiger partial charge is 0.0480 e. The minimum Gasteiger partial charge on any atom is -0.305 e. The molecule has 0 bridgehead atoms. The number of allylic oxidation sites excluding steroid dienone is 3. The van der Waals surface area contributed by atoms with Crippen LogP contribution in [0.2, 0.25) is 0 Å². The molecular weight excluding hydrogens is 280 g/mol. The summed E-state index contributed by atoms with van der Waals surface area (Å²) in [6, 6.07) is 8.11. The Morgan fingerprint density at radius 1 is 1.24 bits per heavy atom. The first-order valence-corrected chi connectivity index (χ1v) is 7.84. The molecular formula is C18H25ClN2. The van der Waals surface area contributed by atoms with Gasteiger partial charge in [0.1, 0.15) is 0 Å². The number of rotatable bonds is 9. The molecule has 0 unspecified atom stereocenters. The van der Waals surface area contributed by atoms with Crippen LogP contribution >= 0.6 is 11.6 Å². The second kappa shape index (κ2) is 10.4. The molecule has 1 aromatic carbocycles. The largest absolute Gasteiger partial charge is 0.305 e. The van der Waals surface area contributed by atoms with Crippen molar-refractivity contribution in [1.29, 1.82) is 0 Å². The van der Waals surface area contributed by atoms with Gasteiger partial charge in [0.25, 0.3) is 0 Å². The molecule has 0 aliphatic heterocycles. The van der Waals surface area contributed by atoms with E-state index in [9.17, 15) is 0 Å². The third kappa shape index (κ3) is 6.30. The molecule has 2 nitrogen and oxygen atoms in total. The maximum atomic E-state index is 5.97. The summed E-state index contributed by atoms with van der Waals surface area (Å²) in [6.45, 7) is 10.9. The van der Waals surface area contributed by atoms with E-state index in [4.69, 9.17) is 11.6 Å². The monoisotopic (exact) mass is 304 g/mol. The molecule has 0 atom stereocenters. The predicted molar refractivity (Wildman–Crippen MR) is 94.5 cm³/mol. The van der Waals surface area contributed by atoms with Gasteiger partial charge in [0, 0.05) is 19.1 Å². The van der Waals surface area contributed by atoms with E-state index in [-0.39, 0.29) is 0 Å². The summed E-state index contributed by atoms with van der Waals surface area (Å²) >= 11 is 5.97. The van der Waals surface area contributed by atoms with E-state index in [0.29, 0.717) is 5.88 Å². The maximum absolute atomic E-state index is 5.97. The first-order valence-electron chi connectivity index (χ1n) is 7.30. The van der Waals surface area contributed by atoms with E-state index in [0.717, 1.165) is 36.5 Å². The van der Waals surface area contributed by atoms with Crippen molar-refractivity contribution in [3.63, 3.8) is 0 Å². The van der Waals surface area contributed by atoms with Gasteiger partial charge in [-0.3, -0.25) is 0 Å². The van der Waals surface area contributed by atoms with Crippen LogP contribution in [0.4, 0.5) is 0 Å². The van der Waals surface area contributed by atoms with Crippen LogP contribution in [0.1, 0.15) is 25.0 Å². The van der Waals surface area contributed by atoms with Crippen molar-refractivity contribution < 1.29 is 0 Å². The minimum absolute atomic E-state index is 0.504. The molecule has 0 aliphatic rings. The Labute approximate surface area is 133 Å². The highest BCUT2D eigenvalue weighted by atomic mass is 35.5. The van der Waals surface area contributed by atoms with Gasteiger partial charge in [-0.25, -0.2) is 0 Å². The molecule has 0 heterocycles. The first-order chi connectivity index (χ1) is 10.2. The Bertz CT molecular complexity index is 504. The van der Waals surface area contributed by atoms with Gasteiger partial charge in [0.2, 0.25) is 0 Å². The number of alkyl halides is 1. The molecule has 0 saturated carbocycles. The second-order valence-corrected chi connectivity index (χ2v) is 4.99. The van der Waals surface area contributed by atoms with Crippen molar-refractivity contribution in [2.45, 2.75) is 19.7 Å². The molecule has 1 rings (SSSR count). The summed E-state index contributed by atoms with van der Waals surface area (Å²) < 4.78 is 0.